The molecule has 8 heteroatoms. The molecule has 2 heterocycles. The van der Waals surface area contributed by atoms with Crippen molar-refractivity contribution in [2.24, 2.45) is 10.9 Å². The highest BCUT2D eigenvalue weighted by molar-refractivity contribution is 14.0. The lowest BCUT2D eigenvalue weighted by Crippen LogP contribution is -2.45. The van der Waals surface area contributed by atoms with E-state index in [9.17, 15) is 4.79 Å². The molecule has 1 aromatic heterocycles. The number of aryl methyl sites for hydroxylation is 2. The topological polar surface area (TPSA) is 82.8 Å². The lowest BCUT2D eigenvalue weighted by atomic mass is 10.1. The fourth-order valence-electron chi connectivity index (χ4n) is 4.33. The minimum Gasteiger partial charge on any atom is -0.361 e. The first-order valence-corrected chi connectivity index (χ1v) is 10.8. The highest BCUT2D eigenvalue weighted by Crippen LogP contribution is 2.27. The highest BCUT2D eigenvalue weighted by Gasteiger charge is 2.32. The molecule has 164 valence electrons. The van der Waals surface area contributed by atoms with Gasteiger partial charge in [-0.1, -0.05) is 18.0 Å². The maximum atomic E-state index is 12.6. The summed E-state index contributed by atoms with van der Waals surface area (Å²) in [5, 5.41) is 10.9. The SMILES string of the molecule is CCNC(=NCCCc1c(C)noc1C)NC1CCN(C(=O)C2CCCC2)C1.I. The number of aromatic nitrogens is 1. The van der Waals surface area contributed by atoms with E-state index in [-0.39, 0.29) is 35.9 Å². The molecule has 7 nitrogen and oxygen atoms in total. The van der Waals surface area contributed by atoms with Gasteiger partial charge in [-0.25, -0.2) is 0 Å². The van der Waals surface area contributed by atoms with Crippen LogP contribution < -0.4 is 10.6 Å². The molecule has 0 spiro atoms. The summed E-state index contributed by atoms with van der Waals surface area (Å²) in [6, 6.07) is 0.283. The lowest BCUT2D eigenvalue weighted by Gasteiger charge is -2.21. The number of carbonyl (C=O) groups excluding carboxylic acids is 1. The summed E-state index contributed by atoms with van der Waals surface area (Å²) in [4.78, 5) is 19.4. The van der Waals surface area contributed by atoms with E-state index < -0.39 is 0 Å². The van der Waals surface area contributed by atoms with Crippen LogP contribution >= 0.6 is 24.0 Å². The molecular weight excluding hydrogens is 481 g/mol. The summed E-state index contributed by atoms with van der Waals surface area (Å²) in [6.45, 7) is 9.25. The van der Waals surface area contributed by atoms with Crippen LogP contribution in [0.1, 0.15) is 62.5 Å². The van der Waals surface area contributed by atoms with Crippen molar-refractivity contribution in [1.29, 1.82) is 0 Å². The molecule has 1 amide bonds. The zero-order valence-electron chi connectivity index (χ0n) is 18.0. The van der Waals surface area contributed by atoms with Crippen molar-refractivity contribution in [3.05, 3.63) is 17.0 Å². The summed E-state index contributed by atoms with van der Waals surface area (Å²) < 4.78 is 5.22. The third kappa shape index (κ3) is 6.58. The second kappa shape index (κ2) is 11.8. The van der Waals surface area contributed by atoms with Gasteiger partial charge in [0, 0.05) is 43.7 Å². The van der Waals surface area contributed by atoms with Gasteiger partial charge >= 0.3 is 0 Å². The van der Waals surface area contributed by atoms with E-state index in [2.05, 4.69) is 27.6 Å². The van der Waals surface area contributed by atoms with Gasteiger partial charge in [-0.2, -0.15) is 0 Å². The van der Waals surface area contributed by atoms with Crippen LogP contribution in [0.3, 0.4) is 0 Å². The molecule has 29 heavy (non-hydrogen) atoms. The first-order valence-electron chi connectivity index (χ1n) is 10.8. The number of nitrogens with one attached hydrogen (secondary N) is 2. The van der Waals surface area contributed by atoms with E-state index in [4.69, 9.17) is 9.52 Å². The molecule has 0 radical (unpaired) electrons. The largest absolute Gasteiger partial charge is 0.361 e. The van der Waals surface area contributed by atoms with E-state index in [1.165, 1.54) is 18.4 Å². The maximum Gasteiger partial charge on any atom is 0.225 e. The maximum absolute atomic E-state index is 12.6. The number of aliphatic imine (C=N–C) groups is 1. The number of hydrogen-bond donors (Lipinski definition) is 2. The molecule has 1 saturated carbocycles. The second-order valence-electron chi connectivity index (χ2n) is 8.06. The molecule has 1 atom stereocenters. The predicted molar refractivity (Wildman–Crippen MR) is 126 cm³/mol. The standard InChI is InChI=1S/C21H35N5O2.HI/c1-4-22-21(23-12-7-10-19-15(2)25-28-16(19)3)24-18-11-13-26(14-18)20(27)17-8-5-6-9-17;/h17-18H,4-14H2,1-3H3,(H2,22,23,24);1H. The van der Waals surface area contributed by atoms with Gasteiger partial charge in [0.25, 0.3) is 0 Å². The van der Waals surface area contributed by atoms with Crippen molar-refractivity contribution in [1.82, 2.24) is 20.7 Å². The van der Waals surface area contributed by atoms with Crippen LogP contribution in [-0.2, 0) is 11.2 Å². The third-order valence-electron chi connectivity index (χ3n) is 5.93. The Morgan fingerprint density at radius 3 is 2.69 bits per heavy atom. The summed E-state index contributed by atoms with van der Waals surface area (Å²) in [6.07, 6.45) is 7.43. The number of nitrogens with zero attached hydrogens (tertiary/aromatic N) is 3. The highest BCUT2D eigenvalue weighted by atomic mass is 127. The molecule has 0 bridgehead atoms. The Bertz CT molecular complexity index is 665. The minimum atomic E-state index is 0. The van der Waals surface area contributed by atoms with Crippen LogP contribution in [0.5, 0.6) is 0 Å². The van der Waals surface area contributed by atoms with Crippen molar-refractivity contribution in [2.75, 3.05) is 26.2 Å². The Kier molecular flexibility index (Phi) is 9.71. The van der Waals surface area contributed by atoms with Gasteiger partial charge in [0.15, 0.2) is 5.96 Å². The first kappa shape index (κ1) is 24.0. The first-order chi connectivity index (χ1) is 13.6. The average molecular weight is 517 g/mol. The Morgan fingerprint density at radius 1 is 1.28 bits per heavy atom. The number of halogens is 1. The van der Waals surface area contributed by atoms with E-state index in [1.54, 1.807) is 0 Å². The normalized spacial score (nSPS) is 20.0. The second-order valence-corrected chi connectivity index (χ2v) is 8.06. The van der Waals surface area contributed by atoms with Crippen molar-refractivity contribution >= 4 is 35.8 Å². The molecular formula is C21H36IN5O2. The van der Waals surface area contributed by atoms with Crippen LogP contribution in [0.15, 0.2) is 9.52 Å². The van der Waals surface area contributed by atoms with Crippen LogP contribution in [0, 0.1) is 19.8 Å². The molecule has 1 aromatic rings. The van der Waals surface area contributed by atoms with Gasteiger partial charge in [-0.05, 0) is 52.9 Å². The zero-order valence-corrected chi connectivity index (χ0v) is 20.3. The number of rotatable bonds is 7. The van der Waals surface area contributed by atoms with Crippen molar-refractivity contribution in [3.8, 4) is 0 Å². The van der Waals surface area contributed by atoms with Crippen molar-refractivity contribution in [3.63, 3.8) is 0 Å². The molecule has 0 aromatic carbocycles. The van der Waals surface area contributed by atoms with E-state index in [0.29, 0.717) is 5.91 Å². The molecule has 3 rings (SSSR count). The zero-order chi connectivity index (χ0) is 19.9. The molecule has 2 aliphatic rings. The smallest absolute Gasteiger partial charge is 0.225 e. The predicted octanol–water partition coefficient (Wildman–Crippen LogP) is 3.19. The molecule has 1 aliphatic carbocycles. The Hall–Kier alpha value is -1.32. The van der Waals surface area contributed by atoms with Crippen LogP contribution in [0.4, 0.5) is 0 Å². The quantitative estimate of drug-likeness (QED) is 0.251. The Balaban J connectivity index is 0.00000300. The van der Waals surface area contributed by atoms with Gasteiger partial charge < -0.3 is 20.1 Å². The van der Waals surface area contributed by atoms with E-state index >= 15 is 0 Å². The van der Waals surface area contributed by atoms with E-state index in [0.717, 1.165) is 75.7 Å². The molecule has 1 saturated heterocycles. The Labute approximate surface area is 191 Å². The number of hydrogen-bond acceptors (Lipinski definition) is 4. The van der Waals surface area contributed by atoms with Crippen molar-refractivity contribution in [2.45, 2.75) is 71.8 Å². The summed E-state index contributed by atoms with van der Waals surface area (Å²) in [5.41, 5.74) is 2.18. The van der Waals surface area contributed by atoms with Crippen LogP contribution in [-0.4, -0.2) is 54.1 Å². The molecule has 1 aliphatic heterocycles. The Morgan fingerprint density at radius 2 is 2.03 bits per heavy atom. The van der Waals surface area contributed by atoms with Gasteiger partial charge in [0.05, 0.1) is 5.69 Å². The molecule has 2 fully saturated rings. The number of carbonyl (C=O) groups is 1. The lowest BCUT2D eigenvalue weighted by molar-refractivity contribution is -0.134. The van der Waals surface area contributed by atoms with Gasteiger partial charge in [0.2, 0.25) is 5.91 Å². The van der Waals surface area contributed by atoms with E-state index in [1.807, 2.05) is 13.8 Å². The average Bonchev–Trinajstić information content (AvgIpc) is 3.42. The summed E-state index contributed by atoms with van der Waals surface area (Å²) >= 11 is 0. The number of likely N-dealkylation sites (tertiary alicyclic amines) is 1. The van der Waals surface area contributed by atoms with Gasteiger partial charge in [-0.3, -0.25) is 9.79 Å². The van der Waals surface area contributed by atoms with Gasteiger partial charge in [0.1, 0.15) is 5.76 Å². The fourth-order valence-corrected chi connectivity index (χ4v) is 4.33. The molecule has 2 N–H and O–H groups in total. The number of amides is 1. The van der Waals surface area contributed by atoms with Gasteiger partial charge in [-0.15, -0.1) is 24.0 Å². The monoisotopic (exact) mass is 517 g/mol. The number of guanidine groups is 1. The van der Waals surface area contributed by atoms with Crippen LogP contribution in [0.2, 0.25) is 0 Å². The molecule has 1 unspecified atom stereocenters. The van der Waals surface area contributed by atoms with Crippen molar-refractivity contribution < 1.29 is 9.32 Å². The minimum absolute atomic E-state index is 0. The summed E-state index contributed by atoms with van der Waals surface area (Å²) in [5.74, 6) is 2.39. The summed E-state index contributed by atoms with van der Waals surface area (Å²) in [7, 11) is 0. The van der Waals surface area contributed by atoms with Crippen LogP contribution in [0.25, 0.3) is 0 Å². The fraction of sp³-hybridized carbons (Fsp3) is 0.762. The third-order valence-corrected chi connectivity index (χ3v) is 5.93.